The molecule has 0 bridgehead atoms. The van der Waals surface area contributed by atoms with Crippen molar-refractivity contribution in [2.45, 2.75) is 6.42 Å². The summed E-state index contributed by atoms with van der Waals surface area (Å²) in [5.41, 5.74) is 0. The van der Waals surface area contributed by atoms with Crippen LogP contribution in [0.5, 0.6) is 0 Å². The Morgan fingerprint density at radius 1 is 1.56 bits per heavy atom. The predicted octanol–water partition coefficient (Wildman–Crippen LogP) is 0.542. The maximum absolute atomic E-state index is 11.5. The summed E-state index contributed by atoms with van der Waals surface area (Å²) in [6.45, 7) is 1.49. The SMILES string of the molecule is COC(=O)C1CCN(c2ccnc(N(C)C)n2)C1. The van der Waals surface area contributed by atoms with Gasteiger partial charge in [-0.3, -0.25) is 4.79 Å². The zero-order valence-electron chi connectivity index (χ0n) is 11.0. The Balaban J connectivity index is 2.09. The molecule has 1 aliphatic heterocycles. The van der Waals surface area contributed by atoms with Gasteiger partial charge in [-0.25, -0.2) is 4.98 Å². The summed E-state index contributed by atoms with van der Waals surface area (Å²) in [6, 6.07) is 1.87. The van der Waals surface area contributed by atoms with Crippen molar-refractivity contribution in [1.82, 2.24) is 9.97 Å². The topological polar surface area (TPSA) is 58.6 Å². The van der Waals surface area contributed by atoms with Gasteiger partial charge in [0.15, 0.2) is 0 Å². The number of aromatic nitrogens is 2. The van der Waals surface area contributed by atoms with Crippen molar-refractivity contribution < 1.29 is 9.53 Å². The third-order valence-corrected chi connectivity index (χ3v) is 3.07. The first-order valence-electron chi connectivity index (χ1n) is 5.95. The van der Waals surface area contributed by atoms with E-state index in [1.54, 1.807) is 6.20 Å². The van der Waals surface area contributed by atoms with E-state index in [2.05, 4.69) is 14.9 Å². The fourth-order valence-corrected chi connectivity index (χ4v) is 2.06. The molecule has 6 heteroatoms. The minimum Gasteiger partial charge on any atom is -0.469 e. The molecule has 0 radical (unpaired) electrons. The summed E-state index contributed by atoms with van der Waals surface area (Å²) in [4.78, 5) is 24.1. The summed E-state index contributed by atoms with van der Waals surface area (Å²) < 4.78 is 4.77. The van der Waals surface area contributed by atoms with Gasteiger partial charge in [0.2, 0.25) is 5.95 Å². The lowest BCUT2D eigenvalue weighted by Gasteiger charge is -2.18. The first-order valence-corrected chi connectivity index (χ1v) is 5.95. The summed E-state index contributed by atoms with van der Waals surface area (Å²) in [5.74, 6) is 1.35. The van der Waals surface area contributed by atoms with Crippen molar-refractivity contribution in [2.24, 2.45) is 5.92 Å². The van der Waals surface area contributed by atoms with Crippen LogP contribution in [0.1, 0.15) is 6.42 Å². The van der Waals surface area contributed by atoms with Crippen LogP contribution in [0.3, 0.4) is 0 Å². The molecule has 98 valence electrons. The van der Waals surface area contributed by atoms with E-state index in [0.29, 0.717) is 12.5 Å². The quantitative estimate of drug-likeness (QED) is 0.730. The highest BCUT2D eigenvalue weighted by atomic mass is 16.5. The third kappa shape index (κ3) is 2.52. The average molecular weight is 250 g/mol. The Bertz CT molecular complexity index is 436. The van der Waals surface area contributed by atoms with E-state index < -0.39 is 0 Å². The van der Waals surface area contributed by atoms with Crippen LogP contribution >= 0.6 is 0 Å². The van der Waals surface area contributed by atoms with Crippen LogP contribution in [0.25, 0.3) is 0 Å². The van der Waals surface area contributed by atoms with E-state index in [1.165, 1.54) is 7.11 Å². The maximum Gasteiger partial charge on any atom is 0.310 e. The highest BCUT2D eigenvalue weighted by Crippen LogP contribution is 2.23. The number of esters is 1. The number of ether oxygens (including phenoxy) is 1. The Kier molecular flexibility index (Phi) is 3.64. The fourth-order valence-electron chi connectivity index (χ4n) is 2.06. The molecule has 0 aliphatic carbocycles. The molecular formula is C12H18N4O2. The lowest BCUT2D eigenvalue weighted by atomic mass is 10.1. The zero-order valence-corrected chi connectivity index (χ0v) is 11.0. The number of hydrogen-bond acceptors (Lipinski definition) is 6. The van der Waals surface area contributed by atoms with Gasteiger partial charge in [0.25, 0.3) is 0 Å². The van der Waals surface area contributed by atoms with E-state index in [-0.39, 0.29) is 11.9 Å². The highest BCUT2D eigenvalue weighted by molar-refractivity contribution is 5.74. The van der Waals surface area contributed by atoms with Gasteiger partial charge >= 0.3 is 5.97 Å². The molecule has 1 unspecified atom stereocenters. The van der Waals surface area contributed by atoms with Gasteiger partial charge < -0.3 is 14.5 Å². The Hall–Kier alpha value is -1.85. The van der Waals surface area contributed by atoms with Crippen LogP contribution in [-0.4, -0.2) is 50.2 Å². The molecule has 0 amide bonds. The molecule has 2 rings (SSSR count). The molecule has 2 heterocycles. The van der Waals surface area contributed by atoms with Crippen molar-refractivity contribution in [1.29, 1.82) is 0 Å². The van der Waals surface area contributed by atoms with Gasteiger partial charge in [0, 0.05) is 33.4 Å². The Morgan fingerprint density at radius 3 is 3.00 bits per heavy atom. The molecular weight excluding hydrogens is 232 g/mol. The average Bonchev–Trinajstić information content (AvgIpc) is 2.87. The molecule has 1 aliphatic rings. The summed E-state index contributed by atoms with van der Waals surface area (Å²) in [6.07, 6.45) is 2.55. The van der Waals surface area contributed by atoms with Gasteiger partial charge in [-0.1, -0.05) is 0 Å². The number of methoxy groups -OCH3 is 1. The van der Waals surface area contributed by atoms with Crippen LogP contribution in [0, 0.1) is 5.92 Å². The van der Waals surface area contributed by atoms with E-state index in [4.69, 9.17) is 4.74 Å². The molecule has 1 atom stereocenters. The number of rotatable bonds is 3. The van der Waals surface area contributed by atoms with Crippen LogP contribution in [-0.2, 0) is 9.53 Å². The lowest BCUT2D eigenvalue weighted by molar-refractivity contribution is -0.144. The Morgan fingerprint density at radius 2 is 2.33 bits per heavy atom. The summed E-state index contributed by atoms with van der Waals surface area (Å²) in [7, 11) is 5.24. The first kappa shape index (κ1) is 12.6. The third-order valence-electron chi connectivity index (χ3n) is 3.07. The van der Waals surface area contributed by atoms with E-state index in [0.717, 1.165) is 18.8 Å². The molecule has 18 heavy (non-hydrogen) atoms. The number of hydrogen-bond donors (Lipinski definition) is 0. The second-order valence-corrected chi connectivity index (χ2v) is 4.56. The summed E-state index contributed by atoms with van der Waals surface area (Å²) >= 11 is 0. The van der Waals surface area contributed by atoms with Crippen molar-refractivity contribution in [3.63, 3.8) is 0 Å². The molecule has 0 saturated carbocycles. The Labute approximate surface area is 107 Å². The number of nitrogens with zero attached hydrogens (tertiary/aromatic N) is 4. The van der Waals surface area contributed by atoms with Gasteiger partial charge in [0.1, 0.15) is 5.82 Å². The largest absolute Gasteiger partial charge is 0.469 e. The molecule has 0 N–H and O–H groups in total. The minimum atomic E-state index is -0.139. The van der Waals surface area contributed by atoms with E-state index in [9.17, 15) is 4.79 Å². The van der Waals surface area contributed by atoms with Crippen molar-refractivity contribution >= 4 is 17.7 Å². The van der Waals surface area contributed by atoms with E-state index in [1.807, 2.05) is 25.1 Å². The highest BCUT2D eigenvalue weighted by Gasteiger charge is 2.29. The number of carbonyl (C=O) groups excluding carboxylic acids is 1. The van der Waals surface area contributed by atoms with Crippen molar-refractivity contribution in [2.75, 3.05) is 44.1 Å². The molecule has 1 aromatic rings. The zero-order chi connectivity index (χ0) is 13.1. The molecule has 1 saturated heterocycles. The maximum atomic E-state index is 11.5. The van der Waals surface area contributed by atoms with Crippen molar-refractivity contribution in [3.05, 3.63) is 12.3 Å². The minimum absolute atomic E-state index is 0.0484. The monoisotopic (exact) mass is 250 g/mol. The number of anilines is 2. The van der Waals surface area contributed by atoms with Crippen LogP contribution in [0.15, 0.2) is 12.3 Å². The number of carbonyl (C=O) groups is 1. The van der Waals surface area contributed by atoms with Gasteiger partial charge in [0.05, 0.1) is 13.0 Å². The molecule has 1 aromatic heterocycles. The van der Waals surface area contributed by atoms with Gasteiger partial charge in [-0.15, -0.1) is 0 Å². The lowest BCUT2D eigenvalue weighted by Crippen LogP contribution is -2.25. The summed E-state index contributed by atoms with van der Waals surface area (Å²) in [5, 5.41) is 0. The second kappa shape index (κ2) is 5.20. The molecule has 0 spiro atoms. The second-order valence-electron chi connectivity index (χ2n) is 4.56. The molecule has 0 aromatic carbocycles. The smallest absolute Gasteiger partial charge is 0.310 e. The van der Waals surface area contributed by atoms with Gasteiger partial charge in [-0.05, 0) is 12.5 Å². The molecule has 1 fully saturated rings. The normalized spacial score (nSPS) is 18.8. The van der Waals surface area contributed by atoms with Crippen LogP contribution in [0.2, 0.25) is 0 Å². The van der Waals surface area contributed by atoms with Gasteiger partial charge in [-0.2, -0.15) is 4.98 Å². The van der Waals surface area contributed by atoms with Crippen LogP contribution < -0.4 is 9.80 Å². The van der Waals surface area contributed by atoms with Crippen LogP contribution in [0.4, 0.5) is 11.8 Å². The predicted molar refractivity (Wildman–Crippen MR) is 68.7 cm³/mol. The van der Waals surface area contributed by atoms with Crippen molar-refractivity contribution in [3.8, 4) is 0 Å². The molecule has 6 nitrogen and oxygen atoms in total. The first-order chi connectivity index (χ1) is 8.61. The standard InChI is InChI=1S/C12H18N4O2/c1-15(2)12-13-6-4-10(14-12)16-7-5-9(8-16)11(17)18-3/h4,6,9H,5,7-8H2,1-3H3. The fraction of sp³-hybridized carbons (Fsp3) is 0.583. The van der Waals surface area contributed by atoms with E-state index >= 15 is 0 Å².